The molecule has 0 bridgehead atoms. The van der Waals surface area contributed by atoms with Crippen molar-refractivity contribution in [2.24, 2.45) is 0 Å². The SMILES string of the molecule is C=CC.COC(OC)C(O)CC(O)COC(C)(C)O. The molecular formula is C13H28O6. The fourth-order valence-electron chi connectivity index (χ4n) is 1.17. The number of allylic oxidation sites excluding steroid dienone is 1. The van der Waals surface area contributed by atoms with E-state index in [0.717, 1.165) is 0 Å². The van der Waals surface area contributed by atoms with Crippen LogP contribution in [-0.4, -0.2) is 60.4 Å². The van der Waals surface area contributed by atoms with Gasteiger partial charge in [0.2, 0.25) is 0 Å². The molecule has 0 saturated carbocycles. The molecule has 2 atom stereocenters. The third-order valence-electron chi connectivity index (χ3n) is 1.92. The molecule has 0 aliphatic carbocycles. The monoisotopic (exact) mass is 280 g/mol. The zero-order chi connectivity index (χ0) is 15.5. The molecule has 116 valence electrons. The third-order valence-corrected chi connectivity index (χ3v) is 1.92. The van der Waals surface area contributed by atoms with Gasteiger partial charge >= 0.3 is 0 Å². The lowest BCUT2D eigenvalue weighted by atomic mass is 10.1. The molecule has 19 heavy (non-hydrogen) atoms. The summed E-state index contributed by atoms with van der Waals surface area (Å²) in [6, 6.07) is 0. The van der Waals surface area contributed by atoms with E-state index in [-0.39, 0.29) is 13.0 Å². The van der Waals surface area contributed by atoms with E-state index >= 15 is 0 Å². The summed E-state index contributed by atoms with van der Waals surface area (Å²) in [7, 11) is 2.80. The first-order valence-corrected chi connectivity index (χ1v) is 6.06. The van der Waals surface area contributed by atoms with Crippen molar-refractivity contribution >= 4 is 0 Å². The molecular weight excluding hydrogens is 252 g/mol. The maximum absolute atomic E-state index is 9.58. The van der Waals surface area contributed by atoms with Crippen LogP contribution in [0.4, 0.5) is 0 Å². The van der Waals surface area contributed by atoms with Gasteiger partial charge in [0, 0.05) is 20.6 Å². The highest BCUT2D eigenvalue weighted by atomic mass is 16.7. The van der Waals surface area contributed by atoms with Crippen molar-refractivity contribution in [3.63, 3.8) is 0 Å². The van der Waals surface area contributed by atoms with Crippen molar-refractivity contribution in [2.75, 3.05) is 20.8 Å². The van der Waals surface area contributed by atoms with Gasteiger partial charge in [-0.25, -0.2) is 0 Å². The van der Waals surface area contributed by atoms with Crippen LogP contribution in [-0.2, 0) is 14.2 Å². The average molecular weight is 280 g/mol. The van der Waals surface area contributed by atoms with Gasteiger partial charge in [-0.3, -0.25) is 0 Å². The summed E-state index contributed by atoms with van der Waals surface area (Å²) in [6.07, 6.45) is -0.830. The van der Waals surface area contributed by atoms with E-state index in [4.69, 9.17) is 14.2 Å². The predicted molar refractivity (Wildman–Crippen MR) is 72.6 cm³/mol. The van der Waals surface area contributed by atoms with Gasteiger partial charge in [0.1, 0.15) is 6.10 Å². The molecule has 0 aromatic carbocycles. The van der Waals surface area contributed by atoms with Gasteiger partial charge in [-0.15, -0.1) is 6.58 Å². The molecule has 0 aliphatic heterocycles. The second-order valence-electron chi connectivity index (χ2n) is 4.46. The molecule has 0 radical (unpaired) electrons. The Bertz CT molecular complexity index is 210. The summed E-state index contributed by atoms with van der Waals surface area (Å²) in [5, 5.41) is 28.4. The quantitative estimate of drug-likeness (QED) is 0.447. The summed E-state index contributed by atoms with van der Waals surface area (Å²) >= 11 is 0. The topological polar surface area (TPSA) is 88.4 Å². The number of hydrogen-bond acceptors (Lipinski definition) is 6. The van der Waals surface area contributed by atoms with Crippen LogP contribution in [0, 0.1) is 0 Å². The number of rotatable bonds is 8. The molecule has 0 saturated heterocycles. The fraction of sp³-hybridized carbons (Fsp3) is 0.846. The van der Waals surface area contributed by atoms with Gasteiger partial charge in [-0.05, 0) is 20.8 Å². The molecule has 6 heteroatoms. The molecule has 6 nitrogen and oxygen atoms in total. The zero-order valence-corrected chi connectivity index (χ0v) is 12.5. The molecule has 2 unspecified atom stereocenters. The molecule has 0 rings (SSSR count). The van der Waals surface area contributed by atoms with E-state index < -0.39 is 24.3 Å². The Labute approximate surface area is 115 Å². The van der Waals surface area contributed by atoms with Crippen LogP contribution in [0.1, 0.15) is 27.2 Å². The number of ether oxygens (including phenoxy) is 3. The van der Waals surface area contributed by atoms with Gasteiger partial charge in [-0.1, -0.05) is 6.08 Å². The van der Waals surface area contributed by atoms with Crippen molar-refractivity contribution < 1.29 is 29.5 Å². The van der Waals surface area contributed by atoms with E-state index in [1.165, 1.54) is 28.1 Å². The molecule has 0 amide bonds. The molecule has 3 N–H and O–H groups in total. The highest BCUT2D eigenvalue weighted by molar-refractivity contribution is 4.67. The normalized spacial score (nSPS) is 14.6. The largest absolute Gasteiger partial charge is 0.391 e. The highest BCUT2D eigenvalue weighted by Crippen LogP contribution is 2.10. The average Bonchev–Trinajstić information content (AvgIpc) is 2.28. The Kier molecular flexibility index (Phi) is 12.4. The van der Waals surface area contributed by atoms with Crippen LogP contribution in [0.3, 0.4) is 0 Å². The third kappa shape index (κ3) is 13.7. The Morgan fingerprint density at radius 1 is 1.21 bits per heavy atom. The first kappa shape index (κ1) is 20.8. The molecule has 0 aromatic heterocycles. The summed E-state index contributed by atoms with van der Waals surface area (Å²) < 4.78 is 14.6. The molecule has 0 heterocycles. The Balaban J connectivity index is 0. The molecule has 0 fully saturated rings. The Hall–Kier alpha value is -0.500. The maximum Gasteiger partial charge on any atom is 0.182 e. The standard InChI is InChI=1S/C10H22O6.C3H6/c1-10(2,13)16-6-7(11)5-8(12)9(14-3)15-4;1-3-2/h7-9,11-13H,5-6H2,1-4H3;3H,1H2,2H3. The van der Waals surface area contributed by atoms with Crippen molar-refractivity contribution in [2.45, 2.75) is 51.5 Å². The lowest BCUT2D eigenvalue weighted by Crippen LogP contribution is -2.36. The Morgan fingerprint density at radius 2 is 1.63 bits per heavy atom. The minimum absolute atomic E-state index is 0.0441. The minimum Gasteiger partial charge on any atom is -0.391 e. The summed E-state index contributed by atoms with van der Waals surface area (Å²) in [6.45, 7) is 8.10. The lowest BCUT2D eigenvalue weighted by Gasteiger charge is -2.24. The summed E-state index contributed by atoms with van der Waals surface area (Å²) in [5.41, 5.74) is 0. The molecule has 0 spiro atoms. The van der Waals surface area contributed by atoms with Gasteiger partial charge < -0.3 is 29.5 Å². The van der Waals surface area contributed by atoms with E-state index in [0.29, 0.717) is 0 Å². The van der Waals surface area contributed by atoms with Crippen molar-refractivity contribution in [3.05, 3.63) is 12.7 Å². The second-order valence-corrected chi connectivity index (χ2v) is 4.46. The lowest BCUT2D eigenvalue weighted by molar-refractivity contribution is -0.201. The first-order valence-electron chi connectivity index (χ1n) is 6.06. The number of methoxy groups -OCH3 is 2. The predicted octanol–water partition coefficient (Wildman–Crippen LogP) is 0.655. The minimum atomic E-state index is -1.30. The van der Waals surface area contributed by atoms with Crippen LogP contribution in [0.2, 0.25) is 0 Å². The van der Waals surface area contributed by atoms with E-state index in [1.807, 2.05) is 6.92 Å². The van der Waals surface area contributed by atoms with E-state index in [9.17, 15) is 15.3 Å². The number of aliphatic hydroxyl groups is 3. The van der Waals surface area contributed by atoms with Gasteiger partial charge in [-0.2, -0.15) is 0 Å². The van der Waals surface area contributed by atoms with Crippen LogP contribution in [0.5, 0.6) is 0 Å². The zero-order valence-electron chi connectivity index (χ0n) is 12.5. The van der Waals surface area contributed by atoms with Gasteiger partial charge in [0.15, 0.2) is 12.1 Å². The van der Waals surface area contributed by atoms with Crippen molar-refractivity contribution in [3.8, 4) is 0 Å². The van der Waals surface area contributed by atoms with Gasteiger partial charge in [0.25, 0.3) is 0 Å². The fourth-order valence-corrected chi connectivity index (χ4v) is 1.17. The molecule has 0 aromatic rings. The highest BCUT2D eigenvalue weighted by Gasteiger charge is 2.23. The van der Waals surface area contributed by atoms with Crippen LogP contribution in [0.15, 0.2) is 12.7 Å². The number of aliphatic hydroxyl groups excluding tert-OH is 2. The van der Waals surface area contributed by atoms with Crippen LogP contribution < -0.4 is 0 Å². The van der Waals surface area contributed by atoms with Crippen molar-refractivity contribution in [1.29, 1.82) is 0 Å². The first-order chi connectivity index (χ1) is 8.71. The maximum atomic E-state index is 9.58. The van der Waals surface area contributed by atoms with Gasteiger partial charge in [0.05, 0.1) is 12.7 Å². The van der Waals surface area contributed by atoms with Crippen molar-refractivity contribution in [1.82, 2.24) is 0 Å². The molecule has 0 aliphatic rings. The number of hydrogen-bond donors (Lipinski definition) is 3. The second kappa shape index (κ2) is 11.3. The van der Waals surface area contributed by atoms with E-state index in [2.05, 4.69) is 6.58 Å². The summed E-state index contributed by atoms with van der Waals surface area (Å²) in [5.74, 6) is -1.30. The Morgan fingerprint density at radius 3 is 1.95 bits per heavy atom. The van der Waals surface area contributed by atoms with Crippen LogP contribution in [0.25, 0.3) is 0 Å². The summed E-state index contributed by atoms with van der Waals surface area (Å²) in [4.78, 5) is 0. The smallest absolute Gasteiger partial charge is 0.182 e. The van der Waals surface area contributed by atoms with E-state index in [1.54, 1.807) is 6.08 Å². The van der Waals surface area contributed by atoms with Crippen LogP contribution >= 0.6 is 0 Å².